The van der Waals surface area contributed by atoms with E-state index in [1.807, 2.05) is 35.6 Å². The van der Waals surface area contributed by atoms with Crippen LogP contribution < -0.4 is 0 Å². The maximum Gasteiger partial charge on any atom is 0.145 e. The molecule has 0 aliphatic rings. The number of nitrogens with zero attached hydrogens (tertiary/aromatic N) is 2. The molecule has 0 aliphatic heterocycles. The summed E-state index contributed by atoms with van der Waals surface area (Å²) in [6.45, 7) is 0. The fraction of sp³-hybridized carbons (Fsp3) is 0. The van der Waals surface area contributed by atoms with Crippen molar-refractivity contribution >= 4 is 75.3 Å². The first-order valence-corrected chi connectivity index (χ1v) is 18.5. The number of fused-ring (bicyclic) bond motifs is 10. The first kappa shape index (κ1) is 29.8. The maximum atomic E-state index is 9.48. The highest BCUT2D eigenvalue weighted by molar-refractivity contribution is 7.25. The molecule has 0 fully saturated rings. The third kappa shape index (κ3) is 4.65. The maximum absolute atomic E-state index is 9.48. The lowest BCUT2D eigenvalue weighted by Gasteiger charge is -2.14. The molecule has 53 heavy (non-hydrogen) atoms. The largest absolute Gasteiger partial charge is 0.455 e. The van der Waals surface area contributed by atoms with Gasteiger partial charge in [0, 0.05) is 42.0 Å². The van der Waals surface area contributed by atoms with Crippen LogP contribution in [-0.4, -0.2) is 4.57 Å². The van der Waals surface area contributed by atoms with Crippen LogP contribution in [0.3, 0.4) is 0 Å². The second-order valence-electron chi connectivity index (χ2n) is 13.6. The van der Waals surface area contributed by atoms with Gasteiger partial charge in [-0.05, 0) is 100 Å². The van der Waals surface area contributed by atoms with Gasteiger partial charge < -0.3 is 8.98 Å². The first-order chi connectivity index (χ1) is 26.2. The van der Waals surface area contributed by atoms with Gasteiger partial charge in [-0.15, -0.1) is 11.3 Å². The Hall–Kier alpha value is -6.93. The van der Waals surface area contributed by atoms with E-state index in [1.54, 1.807) is 0 Å². The van der Waals surface area contributed by atoms with E-state index in [9.17, 15) is 5.26 Å². The third-order valence-electron chi connectivity index (χ3n) is 10.6. The Bertz CT molecular complexity index is 3300. The summed E-state index contributed by atoms with van der Waals surface area (Å²) >= 11 is 1.85. The predicted octanol–water partition coefficient (Wildman–Crippen LogP) is 13.9. The van der Waals surface area contributed by atoms with E-state index in [-0.39, 0.29) is 0 Å². The molecular weight excluding hydrogens is 665 g/mol. The van der Waals surface area contributed by atoms with Crippen molar-refractivity contribution in [1.82, 2.24) is 4.57 Å². The van der Waals surface area contributed by atoms with Crippen molar-refractivity contribution < 1.29 is 4.42 Å². The van der Waals surface area contributed by atoms with Crippen molar-refractivity contribution in [2.75, 3.05) is 0 Å². The molecule has 4 heteroatoms. The van der Waals surface area contributed by atoms with Crippen LogP contribution in [0.4, 0.5) is 0 Å². The fourth-order valence-corrected chi connectivity index (χ4v) is 9.26. The van der Waals surface area contributed by atoms with Gasteiger partial charge in [0.25, 0.3) is 0 Å². The van der Waals surface area contributed by atoms with E-state index in [0.717, 1.165) is 77.2 Å². The smallest absolute Gasteiger partial charge is 0.145 e. The van der Waals surface area contributed by atoms with E-state index in [0.29, 0.717) is 5.56 Å². The van der Waals surface area contributed by atoms with Gasteiger partial charge in [-0.1, -0.05) is 103 Å². The molecule has 8 aromatic carbocycles. The normalized spacial score (nSPS) is 11.8. The molecule has 0 N–H and O–H groups in total. The van der Waals surface area contributed by atoms with Gasteiger partial charge in [-0.2, -0.15) is 5.26 Å². The molecule has 11 rings (SSSR count). The Morgan fingerprint density at radius 1 is 0.453 bits per heavy atom. The summed E-state index contributed by atoms with van der Waals surface area (Å²) < 4.78 is 11.6. The molecule has 3 nitrogen and oxygen atoms in total. The SMILES string of the molecule is N#Cc1cccc(-c2ccc(-c3cc(-c4ccc5c(c4)sc4ccccc45)cc(-n4c5ccccc5c5c6oc7ccccc7c6ccc54)c3)cc2)c1. The topological polar surface area (TPSA) is 41.9 Å². The number of thiophene rings is 1. The summed E-state index contributed by atoms with van der Waals surface area (Å²) in [6, 6.07) is 62.6. The molecular formula is C49H28N2OS. The van der Waals surface area contributed by atoms with Gasteiger partial charge in [-0.25, -0.2) is 0 Å². The van der Waals surface area contributed by atoms with Gasteiger partial charge in [0.1, 0.15) is 11.2 Å². The van der Waals surface area contributed by atoms with Crippen molar-refractivity contribution in [1.29, 1.82) is 5.26 Å². The zero-order valence-corrected chi connectivity index (χ0v) is 29.2. The number of hydrogen-bond donors (Lipinski definition) is 0. The Labute approximate surface area is 308 Å². The molecule has 0 unspecified atom stereocenters. The zero-order valence-electron chi connectivity index (χ0n) is 28.4. The molecule has 0 amide bonds. The van der Waals surface area contributed by atoms with Gasteiger partial charge in [-0.3, -0.25) is 0 Å². The Morgan fingerprint density at radius 2 is 1.11 bits per heavy atom. The van der Waals surface area contributed by atoms with Crippen LogP contribution in [0.2, 0.25) is 0 Å². The number of rotatable bonds is 4. The number of furan rings is 1. The van der Waals surface area contributed by atoms with E-state index in [1.165, 1.54) is 25.7 Å². The number of benzene rings is 8. The Kier molecular flexibility index (Phi) is 6.48. The summed E-state index contributed by atoms with van der Waals surface area (Å²) in [5.41, 5.74) is 12.5. The summed E-state index contributed by atoms with van der Waals surface area (Å²) in [5, 5.41) is 16.6. The molecule has 0 atom stereocenters. The molecule has 246 valence electrons. The molecule has 0 radical (unpaired) electrons. The highest BCUT2D eigenvalue weighted by atomic mass is 32.1. The highest BCUT2D eigenvalue weighted by Crippen LogP contribution is 2.43. The minimum absolute atomic E-state index is 0.658. The lowest BCUT2D eigenvalue weighted by molar-refractivity contribution is 0.673. The van der Waals surface area contributed by atoms with Crippen molar-refractivity contribution in [3.8, 4) is 45.1 Å². The van der Waals surface area contributed by atoms with Crippen molar-refractivity contribution in [2.24, 2.45) is 0 Å². The molecule has 3 heterocycles. The van der Waals surface area contributed by atoms with Gasteiger partial charge in [0.05, 0.1) is 28.1 Å². The Morgan fingerprint density at radius 3 is 1.96 bits per heavy atom. The van der Waals surface area contributed by atoms with Crippen LogP contribution in [0.25, 0.3) is 103 Å². The predicted molar refractivity (Wildman–Crippen MR) is 222 cm³/mol. The quantitative estimate of drug-likeness (QED) is 0.184. The van der Waals surface area contributed by atoms with Gasteiger partial charge in [0.15, 0.2) is 0 Å². The van der Waals surface area contributed by atoms with Crippen LogP contribution in [0.1, 0.15) is 5.56 Å². The van der Waals surface area contributed by atoms with Crippen molar-refractivity contribution in [2.45, 2.75) is 0 Å². The van der Waals surface area contributed by atoms with Crippen molar-refractivity contribution in [3.63, 3.8) is 0 Å². The van der Waals surface area contributed by atoms with Crippen LogP contribution in [0.15, 0.2) is 174 Å². The monoisotopic (exact) mass is 692 g/mol. The van der Waals surface area contributed by atoms with Crippen LogP contribution in [0.5, 0.6) is 0 Å². The van der Waals surface area contributed by atoms with Gasteiger partial charge >= 0.3 is 0 Å². The number of aromatic nitrogens is 1. The number of hydrogen-bond acceptors (Lipinski definition) is 3. The number of nitriles is 1. The van der Waals surface area contributed by atoms with E-state index >= 15 is 0 Å². The van der Waals surface area contributed by atoms with E-state index in [4.69, 9.17) is 4.42 Å². The summed E-state index contributed by atoms with van der Waals surface area (Å²) in [7, 11) is 0. The summed E-state index contributed by atoms with van der Waals surface area (Å²) in [5.74, 6) is 0. The minimum Gasteiger partial charge on any atom is -0.455 e. The van der Waals surface area contributed by atoms with Gasteiger partial charge in [0.2, 0.25) is 0 Å². The van der Waals surface area contributed by atoms with Crippen molar-refractivity contribution in [3.05, 3.63) is 175 Å². The summed E-state index contributed by atoms with van der Waals surface area (Å²) in [4.78, 5) is 0. The van der Waals surface area contributed by atoms with Crippen LogP contribution >= 0.6 is 11.3 Å². The zero-order chi connectivity index (χ0) is 35.0. The highest BCUT2D eigenvalue weighted by Gasteiger charge is 2.20. The lowest BCUT2D eigenvalue weighted by Crippen LogP contribution is -1.96. The van der Waals surface area contributed by atoms with E-state index in [2.05, 4.69) is 156 Å². The second kappa shape index (κ2) is 11.5. The molecule has 11 aromatic rings. The first-order valence-electron chi connectivity index (χ1n) is 17.7. The molecule has 0 aliphatic carbocycles. The average molecular weight is 693 g/mol. The van der Waals surface area contributed by atoms with E-state index < -0.39 is 0 Å². The number of para-hydroxylation sites is 2. The minimum atomic E-state index is 0.658. The second-order valence-corrected chi connectivity index (χ2v) is 14.7. The fourth-order valence-electron chi connectivity index (χ4n) is 8.12. The molecule has 3 aromatic heterocycles. The lowest BCUT2D eigenvalue weighted by atomic mass is 9.95. The molecule has 0 spiro atoms. The molecule has 0 saturated carbocycles. The molecule has 0 saturated heterocycles. The molecule has 0 bridgehead atoms. The van der Waals surface area contributed by atoms with Crippen LogP contribution in [0, 0.1) is 11.3 Å². The Balaban J connectivity index is 1.15. The third-order valence-corrected chi connectivity index (χ3v) is 11.7. The average Bonchev–Trinajstić information content (AvgIpc) is 3.90. The van der Waals surface area contributed by atoms with Crippen LogP contribution in [-0.2, 0) is 0 Å². The standard InChI is InChI=1S/C49H28N2OS/c50-29-30-8-7-9-33(24-30)31-16-18-32(19-17-31)35-25-36(34-20-21-40-39-11-3-6-15-46(39)53-47(40)28-34)27-37(26-35)51-43-13-4-1-12-42(43)48-44(51)23-22-41-38-10-2-5-14-45(38)52-49(41)48/h1-28H. The summed E-state index contributed by atoms with van der Waals surface area (Å²) in [6.07, 6.45) is 0.